The molecule has 0 saturated carbocycles. The summed E-state index contributed by atoms with van der Waals surface area (Å²) in [5.74, 6) is 4.46. The lowest BCUT2D eigenvalue weighted by molar-refractivity contribution is 0.181. The van der Waals surface area contributed by atoms with Gasteiger partial charge in [0.1, 0.15) is 0 Å². The largest absolute Gasteiger partial charge is 0.488 e. The summed E-state index contributed by atoms with van der Waals surface area (Å²) < 4.78 is 30.9. The van der Waals surface area contributed by atoms with Gasteiger partial charge in [-0.25, -0.2) is 0 Å². The van der Waals surface area contributed by atoms with Crippen molar-refractivity contribution in [2.75, 3.05) is 33.0 Å². The number of rotatable bonds is 15. The molecule has 0 N–H and O–H groups in total. The molecule has 0 aliphatic rings. The zero-order valence-electron chi connectivity index (χ0n) is 21.5. The van der Waals surface area contributed by atoms with E-state index in [0.717, 1.165) is 0 Å². The predicted molar refractivity (Wildman–Crippen MR) is 127 cm³/mol. The van der Waals surface area contributed by atoms with Crippen LogP contribution in [0.2, 0.25) is 0 Å². The van der Waals surface area contributed by atoms with Gasteiger partial charge >= 0.3 is 0 Å². The standard InChI is InChI=1S/C26H45O5/c1-17(2)12-27-22-11-23(28-13-18(3)4)25(30-15-20(7)8)26(31-16-21(9)10)24(22)29-14-19(5)6/h17-21H,12-16H2,1-10H3. The van der Waals surface area contributed by atoms with Crippen LogP contribution in [0.15, 0.2) is 0 Å². The van der Waals surface area contributed by atoms with Crippen molar-refractivity contribution in [2.45, 2.75) is 69.2 Å². The topological polar surface area (TPSA) is 46.2 Å². The Hall–Kier alpha value is -1.78. The molecule has 0 saturated heterocycles. The van der Waals surface area contributed by atoms with E-state index in [1.54, 1.807) is 0 Å². The minimum Gasteiger partial charge on any atom is -0.488 e. The quantitative estimate of drug-likeness (QED) is 0.307. The fourth-order valence-corrected chi connectivity index (χ4v) is 2.37. The molecule has 0 bridgehead atoms. The van der Waals surface area contributed by atoms with Gasteiger partial charge < -0.3 is 23.7 Å². The zero-order chi connectivity index (χ0) is 23.6. The fraction of sp³-hybridized carbons (Fsp3) is 0.769. The van der Waals surface area contributed by atoms with Gasteiger partial charge in [0, 0.05) is 0 Å². The lowest BCUT2D eigenvalue weighted by atomic mass is 10.2. The maximum Gasteiger partial charge on any atom is 0.211 e. The normalized spacial score (nSPS) is 11.7. The van der Waals surface area contributed by atoms with E-state index in [-0.39, 0.29) is 0 Å². The van der Waals surface area contributed by atoms with Gasteiger partial charge in [-0.3, -0.25) is 0 Å². The van der Waals surface area contributed by atoms with Crippen LogP contribution in [-0.2, 0) is 0 Å². The minimum atomic E-state index is 0.347. The maximum absolute atomic E-state index is 6.26. The lowest BCUT2D eigenvalue weighted by Gasteiger charge is -2.24. The second-order valence-corrected chi connectivity index (χ2v) is 10.3. The highest BCUT2D eigenvalue weighted by Crippen LogP contribution is 2.51. The molecule has 5 nitrogen and oxygen atoms in total. The van der Waals surface area contributed by atoms with Crippen molar-refractivity contribution in [3.05, 3.63) is 6.07 Å². The zero-order valence-corrected chi connectivity index (χ0v) is 21.5. The first kappa shape index (κ1) is 27.3. The van der Waals surface area contributed by atoms with Gasteiger partial charge in [0.25, 0.3) is 0 Å². The Bertz CT molecular complexity index is 589. The molecule has 179 valence electrons. The molecule has 5 heteroatoms. The molecule has 1 rings (SSSR count). The molecule has 0 atom stereocenters. The maximum atomic E-state index is 6.26. The molecular weight excluding hydrogens is 392 g/mol. The third-order valence-electron chi connectivity index (χ3n) is 3.86. The molecule has 1 aromatic carbocycles. The second-order valence-electron chi connectivity index (χ2n) is 10.3. The predicted octanol–water partition coefficient (Wildman–Crippen LogP) is 6.66. The Morgan fingerprint density at radius 1 is 0.419 bits per heavy atom. The molecular formula is C26H45O5. The molecule has 0 fully saturated rings. The molecule has 0 heterocycles. The van der Waals surface area contributed by atoms with Crippen LogP contribution < -0.4 is 23.7 Å². The molecule has 0 spiro atoms. The second kappa shape index (κ2) is 13.6. The monoisotopic (exact) mass is 437 g/mol. The first-order valence-corrected chi connectivity index (χ1v) is 11.8. The molecule has 31 heavy (non-hydrogen) atoms. The molecule has 1 radical (unpaired) electrons. The Morgan fingerprint density at radius 2 is 0.677 bits per heavy atom. The highest BCUT2D eigenvalue weighted by atomic mass is 16.6. The summed E-state index contributed by atoms with van der Waals surface area (Å²) in [6.45, 7) is 23.9. The highest BCUT2D eigenvalue weighted by Gasteiger charge is 2.26. The summed E-state index contributed by atoms with van der Waals surface area (Å²) in [6.07, 6.45) is 0. The minimum absolute atomic E-state index is 0.347. The fourth-order valence-electron chi connectivity index (χ4n) is 2.37. The van der Waals surface area contributed by atoms with E-state index < -0.39 is 0 Å². The number of benzene rings is 1. The van der Waals surface area contributed by atoms with Gasteiger partial charge in [-0.15, -0.1) is 0 Å². The van der Waals surface area contributed by atoms with Crippen LogP contribution >= 0.6 is 0 Å². The average Bonchev–Trinajstić information content (AvgIpc) is 2.65. The van der Waals surface area contributed by atoms with Crippen molar-refractivity contribution in [1.82, 2.24) is 0 Å². The smallest absolute Gasteiger partial charge is 0.211 e. The number of hydrogen-bond donors (Lipinski definition) is 0. The highest BCUT2D eigenvalue weighted by molar-refractivity contribution is 5.65. The van der Waals surface area contributed by atoms with Crippen LogP contribution in [0.4, 0.5) is 0 Å². The SMILES string of the molecule is CC(C)COc1[c]c(OCC(C)C)c(OCC(C)C)c(OCC(C)C)c1OCC(C)C. The number of hydrogen-bond acceptors (Lipinski definition) is 5. The van der Waals surface area contributed by atoms with Crippen molar-refractivity contribution in [3.63, 3.8) is 0 Å². The Labute approximate surface area is 190 Å². The van der Waals surface area contributed by atoms with Gasteiger partial charge in [-0.1, -0.05) is 69.2 Å². The van der Waals surface area contributed by atoms with Crippen molar-refractivity contribution < 1.29 is 23.7 Å². The molecule has 0 unspecified atom stereocenters. The Morgan fingerprint density at radius 3 is 0.968 bits per heavy atom. The van der Waals surface area contributed by atoms with Crippen molar-refractivity contribution in [1.29, 1.82) is 0 Å². The van der Waals surface area contributed by atoms with Crippen LogP contribution in [-0.4, -0.2) is 33.0 Å². The van der Waals surface area contributed by atoms with E-state index in [9.17, 15) is 0 Å². The Balaban J connectivity index is 3.56. The van der Waals surface area contributed by atoms with Crippen LogP contribution in [0.5, 0.6) is 28.7 Å². The van der Waals surface area contributed by atoms with E-state index in [1.165, 1.54) is 0 Å². The van der Waals surface area contributed by atoms with Crippen LogP contribution in [0.25, 0.3) is 0 Å². The first-order valence-electron chi connectivity index (χ1n) is 11.8. The Kier molecular flexibility index (Phi) is 12.0. The summed E-state index contributed by atoms with van der Waals surface area (Å²) >= 11 is 0. The summed E-state index contributed by atoms with van der Waals surface area (Å²) in [5, 5.41) is 0. The third-order valence-corrected chi connectivity index (χ3v) is 3.86. The van der Waals surface area contributed by atoms with E-state index in [1.807, 2.05) is 0 Å². The summed E-state index contributed by atoms with van der Waals surface area (Å²) in [7, 11) is 0. The van der Waals surface area contributed by atoms with Gasteiger partial charge in [0.2, 0.25) is 17.2 Å². The van der Waals surface area contributed by atoms with Crippen LogP contribution in [0.3, 0.4) is 0 Å². The van der Waals surface area contributed by atoms with Gasteiger partial charge in [0.05, 0.1) is 39.1 Å². The van der Waals surface area contributed by atoms with E-state index >= 15 is 0 Å². The van der Waals surface area contributed by atoms with E-state index in [2.05, 4.69) is 75.3 Å². The third kappa shape index (κ3) is 10.4. The summed E-state index contributed by atoms with van der Waals surface area (Å²) in [5.41, 5.74) is 0. The molecule has 0 aromatic heterocycles. The van der Waals surface area contributed by atoms with Gasteiger partial charge in [-0.2, -0.15) is 0 Å². The lowest BCUT2D eigenvalue weighted by Crippen LogP contribution is -2.15. The molecule has 0 aliphatic heterocycles. The van der Waals surface area contributed by atoms with Crippen LogP contribution in [0.1, 0.15) is 69.2 Å². The molecule has 0 amide bonds. The molecule has 1 aromatic rings. The van der Waals surface area contributed by atoms with Gasteiger partial charge in [-0.05, 0) is 29.6 Å². The van der Waals surface area contributed by atoms with E-state index in [0.29, 0.717) is 91.4 Å². The summed E-state index contributed by atoms with van der Waals surface area (Å²) in [4.78, 5) is 0. The van der Waals surface area contributed by atoms with E-state index in [4.69, 9.17) is 23.7 Å². The molecule has 0 aliphatic carbocycles. The van der Waals surface area contributed by atoms with Crippen molar-refractivity contribution in [2.24, 2.45) is 29.6 Å². The summed E-state index contributed by atoms with van der Waals surface area (Å²) in [6, 6.07) is 3.29. The van der Waals surface area contributed by atoms with Crippen molar-refractivity contribution in [3.8, 4) is 28.7 Å². The van der Waals surface area contributed by atoms with Crippen molar-refractivity contribution >= 4 is 0 Å². The number of ether oxygens (including phenoxy) is 5. The van der Waals surface area contributed by atoms with Gasteiger partial charge in [0.15, 0.2) is 11.5 Å². The average molecular weight is 438 g/mol. The first-order chi connectivity index (χ1) is 14.5. The van der Waals surface area contributed by atoms with Crippen LogP contribution in [0, 0.1) is 35.7 Å².